The predicted octanol–water partition coefficient (Wildman–Crippen LogP) is 4.31. The number of halogens is 1. The van der Waals surface area contributed by atoms with E-state index < -0.39 is 0 Å². The lowest BCUT2D eigenvalue weighted by molar-refractivity contribution is 0.0649. The van der Waals surface area contributed by atoms with Crippen molar-refractivity contribution in [2.75, 3.05) is 7.11 Å². The maximum atomic E-state index is 13.0. The first-order valence-electron chi connectivity index (χ1n) is 7.31. The third-order valence-electron chi connectivity index (χ3n) is 3.94. The number of methoxy groups -OCH3 is 1. The lowest BCUT2D eigenvalue weighted by atomic mass is 10.1. The molecular weight excluding hydrogens is 302 g/mol. The number of hydrogen-bond donors (Lipinski definition) is 0. The molecule has 4 nitrogen and oxygen atoms in total. The highest BCUT2D eigenvalue weighted by molar-refractivity contribution is 6.30. The summed E-state index contributed by atoms with van der Waals surface area (Å²) in [6.07, 6.45) is 3.67. The normalized spacial score (nSPS) is 15.4. The van der Waals surface area contributed by atoms with Gasteiger partial charge in [-0.25, -0.2) is 0 Å². The van der Waals surface area contributed by atoms with Crippen molar-refractivity contribution in [2.45, 2.75) is 31.8 Å². The Morgan fingerprint density at radius 2 is 2.18 bits per heavy atom. The average Bonchev–Trinajstić information content (AvgIpc) is 3.18. The van der Waals surface area contributed by atoms with E-state index in [0.29, 0.717) is 16.3 Å². The highest BCUT2D eigenvalue weighted by Crippen LogP contribution is 2.37. The first kappa shape index (κ1) is 15.0. The van der Waals surface area contributed by atoms with E-state index in [1.54, 1.807) is 31.6 Å². The Bertz CT molecular complexity index is 665. The Morgan fingerprint density at radius 3 is 2.77 bits per heavy atom. The summed E-state index contributed by atoms with van der Waals surface area (Å²) in [6, 6.07) is 8.96. The van der Waals surface area contributed by atoms with Crippen LogP contribution < -0.4 is 4.74 Å². The van der Waals surface area contributed by atoms with Crippen LogP contribution in [0.5, 0.6) is 5.75 Å². The van der Waals surface area contributed by atoms with E-state index in [1.807, 2.05) is 24.0 Å². The monoisotopic (exact) mass is 319 g/mol. The number of amides is 1. The number of furan rings is 1. The summed E-state index contributed by atoms with van der Waals surface area (Å²) in [5, 5.41) is 0.547. The van der Waals surface area contributed by atoms with Crippen LogP contribution in [-0.4, -0.2) is 24.0 Å². The minimum atomic E-state index is -0.115. The van der Waals surface area contributed by atoms with Gasteiger partial charge in [0.2, 0.25) is 0 Å². The second-order valence-corrected chi connectivity index (χ2v) is 5.92. The molecule has 0 aliphatic heterocycles. The molecule has 2 aromatic rings. The third kappa shape index (κ3) is 2.83. The lowest BCUT2D eigenvalue weighted by Crippen LogP contribution is -2.35. The minimum absolute atomic E-state index is 0.0556. The smallest absolute Gasteiger partial charge is 0.258 e. The molecule has 116 valence electrons. The molecular formula is C17H18ClNO3. The van der Waals surface area contributed by atoms with E-state index in [0.717, 1.165) is 18.6 Å². The van der Waals surface area contributed by atoms with Crippen molar-refractivity contribution < 1.29 is 13.9 Å². The van der Waals surface area contributed by atoms with Crippen molar-refractivity contribution in [3.05, 3.63) is 52.9 Å². The van der Waals surface area contributed by atoms with E-state index >= 15 is 0 Å². The topological polar surface area (TPSA) is 42.7 Å². The van der Waals surface area contributed by atoms with Crippen LogP contribution in [0.3, 0.4) is 0 Å². The molecule has 1 aliphatic rings. The van der Waals surface area contributed by atoms with E-state index in [1.165, 1.54) is 0 Å². The summed E-state index contributed by atoms with van der Waals surface area (Å²) in [6.45, 7) is 1.98. The molecule has 0 bridgehead atoms. The highest BCUT2D eigenvalue weighted by Gasteiger charge is 2.38. The van der Waals surface area contributed by atoms with Gasteiger partial charge in [0.25, 0.3) is 5.91 Å². The van der Waals surface area contributed by atoms with Gasteiger partial charge < -0.3 is 14.1 Å². The minimum Gasteiger partial charge on any atom is -0.496 e. The van der Waals surface area contributed by atoms with Crippen LogP contribution in [-0.2, 0) is 0 Å². The average molecular weight is 320 g/mol. The molecule has 1 unspecified atom stereocenters. The molecule has 1 atom stereocenters. The zero-order valence-corrected chi connectivity index (χ0v) is 13.3. The molecule has 1 fully saturated rings. The van der Waals surface area contributed by atoms with Crippen molar-refractivity contribution >= 4 is 17.5 Å². The molecule has 0 saturated heterocycles. The number of rotatable bonds is 5. The quantitative estimate of drug-likeness (QED) is 0.824. The second kappa shape index (κ2) is 6.05. The summed E-state index contributed by atoms with van der Waals surface area (Å²) < 4.78 is 10.8. The van der Waals surface area contributed by atoms with Crippen molar-refractivity contribution in [1.29, 1.82) is 0 Å². The zero-order chi connectivity index (χ0) is 15.7. The standard InChI is InChI=1S/C17H18ClNO3/c1-11(15-4-3-9-22-15)19(13-6-7-13)17(20)14-8-5-12(18)10-16(14)21-2/h3-5,8-11,13H,6-7H2,1-2H3. The number of nitrogens with zero attached hydrogens (tertiary/aromatic N) is 1. The van der Waals surface area contributed by atoms with Gasteiger partial charge in [0.05, 0.1) is 25.0 Å². The molecule has 5 heteroatoms. The Balaban J connectivity index is 1.94. The van der Waals surface area contributed by atoms with E-state index in [2.05, 4.69) is 0 Å². The van der Waals surface area contributed by atoms with E-state index in [9.17, 15) is 4.79 Å². The van der Waals surface area contributed by atoms with Crippen LogP contribution >= 0.6 is 11.6 Å². The fraction of sp³-hybridized carbons (Fsp3) is 0.353. The largest absolute Gasteiger partial charge is 0.496 e. The Hall–Kier alpha value is -1.94. The van der Waals surface area contributed by atoms with Gasteiger partial charge in [-0.3, -0.25) is 4.79 Å². The Morgan fingerprint density at radius 1 is 1.41 bits per heavy atom. The van der Waals surface area contributed by atoms with Gasteiger partial charge in [-0.15, -0.1) is 0 Å². The van der Waals surface area contributed by atoms with Crippen LogP contribution in [0.15, 0.2) is 41.0 Å². The molecule has 3 rings (SSSR count). The van der Waals surface area contributed by atoms with Gasteiger partial charge in [0.1, 0.15) is 11.5 Å². The Labute approximate surface area is 134 Å². The number of benzene rings is 1. The van der Waals surface area contributed by atoms with Crippen molar-refractivity contribution in [1.82, 2.24) is 4.90 Å². The summed E-state index contributed by atoms with van der Waals surface area (Å²) in [4.78, 5) is 14.9. The number of hydrogen-bond acceptors (Lipinski definition) is 3. The van der Waals surface area contributed by atoms with Gasteiger partial charge in [-0.05, 0) is 50.1 Å². The molecule has 1 aromatic heterocycles. The molecule has 1 aliphatic carbocycles. The molecule has 22 heavy (non-hydrogen) atoms. The summed E-state index contributed by atoms with van der Waals surface area (Å²) >= 11 is 5.98. The molecule has 1 saturated carbocycles. The predicted molar refractivity (Wildman–Crippen MR) is 84.3 cm³/mol. The molecule has 0 radical (unpaired) electrons. The molecule has 1 heterocycles. The van der Waals surface area contributed by atoms with Crippen molar-refractivity contribution in [3.8, 4) is 5.75 Å². The lowest BCUT2D eigenvalue weighted by Gasteiger charge is -2.28. The molecule has 1 amide bonds. The summed E-state index contributed by atoms with van der Waals surface area (Å²) in [5.74, 6) is 1.22. The first-order valence-corrected chi connectivity index (χ1v) is 7.69. The third-order valence-corrected chi connectivity index (χ3v) is 4.18. The number of ether oxygens (including phenoxy) is 1. The van der Waals surface area contributed by atoms with Crippen LogP contribution in [0.4, 0.5) is 0 Å². The van der Waals surface area contributed by atoms with Crippen molar-refractivity contribution in [3.63, 3.8) is 0 Å². The van der Waals surface area contributed by atoms with Crippen LogP contribution in [0.2, 0.25) is 5.02 Å². The maximum Gasteiger partial charge on any atom is 0.258 e. The van der Waals surface area contributed by atoms with Gasteiger partial charge in [0, 0.05) is 11.1 Å². The Kier molecular flexibility index (Phi) is 4.12. The zero-order valence-electron chi connectivity index (χ0n) is 12.6. The van der Waals surface area contributed by atoms with Crippen LogP contribution in [0.25, 0.3) is 0 Å². The number of carbonyl (C=O) groups excluding carboxylic acids is 1. The van der Waals surface area contributed by atoms with Gasteiger partial charge in [-0.2, -0.15) is 0 Å². The number of carbonyl (C=O) groups is 1. The SMILES string of the molecule is COc1cc(Cl)ccc1C(=O)N(C1CC1)C(C)c1ccco1. The fourth-order valence-corrected chi connectivity index (χ4v) is 2.82. The fourth-order valence-electron chi connectivity index (χ4n) is 2.66. The van der Waals surface area contributed by atoms with Gasteiger partial charge >= 0.3 is 0 Å². The van der Waals surface area contributed by atoms with Crippen LogP contribution in [0, 0.1) is 0 Å². The molecule has 0 spiro atoms. The summed E-state index contributed by atoms with van der Waals surface area (Å²) in [5.41, 5.74) is 0.525. The maximum absolute atomic E-state index is 13.0. The second-order valence-electron chi connectivity index (χ2n) is 5.48. The molecule has 1 aromatic carbocycles. The van der Waals surface area contributed by atoms with Gasteiger partial charge in [-0.1, -0.05) is 11.6 Å². The van der Waals surface area contributed by atoms with E-state index in [4.69, 9.17) is 20.8 Å². The van der Waals surface area contributed by atoms with Gasteiger partial charge in [0.15, 0.2) is 0 Å². The summed E-state index contributed by atoms with van der Waals surface area (Å²) in [7, 11) is 1.54. The highest BCUT2D eigenvalue weighted by atomic mass is 35.5. The van der Waals surface area contributed by atoms with Crippen molar-refractivity contribution in [2.24, 2.45) is 0 Å². The van der Waals surface area contributed by atoms with Crippen LogP contribution in [0.1, 0.15) is 41.9 Å². The first-order chi connectivity index (χ1) is 10.6. The molecule has 0 N–H and O–H groups in total. The van der Waals surface area contributed by atoms with E-state index in [-0.39, 0.29) is 18.0 Å².